The number of carboxylic acids is 1. The number of aromatic nitrogens is 2. The first-order valence-corrected chi connectivity index (χ1v) is 14.1. The summed E-state index contributed by atoms with van der Waals surface area (Å²) in [5, 5.41) is 46.6. The van der Waals surface area contributed by atoms with Crippen LogP contribution < -0.4 is 22.1 Å². The molecule has 1 aromatic rings. The van der Waals surface area contributed by atoms with Gasteiger partial charge in [-0.3, -0.25) is 23.2 Å². The van der Waals surface area contributed by atoms with E-state index in [4.69, 9.17) is 28.8 Å². The number of aliphatic hydroxyl groups excluding tert-OH is 3. The van der Waals surface area contributed by atoms with Crippen LogP contribution in [-0.2, 0) is 42.0 Å². The molecule has 0 aliphatic carbocycles. The summed E-state index contributed by atoms with van der Waals surface area (Å²) in [7, 11) is -3.99. The highest BCUT2D eigenvalue weighted by Crippen LogP contribution is 2.55. The van der Waals surface area contributed by atoms with E-state index in [0.717, 1.165) is 11.7 Å². The van der Waals surface area contributed by atoms with Gasteiger partial charge in [0.05, 0.1) is 24.9 Å². The summed E-state index contributed by atoms with van der Waals surface area (Å²) >= 11 is 0. The van der Waals surface area contributed by atoms with Gasteiger partial charge in [0.15, 0.2) is 6.23 Å². The number of nitrogens with zero attached hydrogens (tertiary/aromatic N) is 2. The summed E-state index contributed by atoms with van der Waals surface area (Å²) in [6.45, 7) is 0.563. The van der Waals surface area contributed by atoms with E-state index >= 15 is 0 Å². The van der Waals surface area contributed by atoms with Gasteiger partial charge in [-0.05, 0) is 18.9 Å². The van der Waals surface area contributed by atoms with Crippen LogP contribution in [0.3, 0.4) is 0 Å². The fraction of sp³-hybridized carbons (Fsp3) is 0.682. The van der Waals surface area contributed by atoms with E-state index in [0.29, 0.717) is 6.41 Å². The van der Waals surface area contributed by atoms with E-state index in [9.17, 15) is 44.2 Å². The summed E-state index contributed by atoms with van der Waals surface area (Å²) in [6, 6.07) is 0.178. The maximum atomic E-state index is 13.4. The van der Waals surface area contributed by atoms with Gasteiger partial charge in [0.25, 0.3) is 5.79 Å². The number of nitrogens with two attached hydrogens (primary N) is 1. The number of nitrogens with one attached hydrogen (secondary N) is 2. The molecule has 2 amide bonds. The molecular weight excluding hydrogens is 589 g/mol. The minimum absolute atomic E-state index is 0.0279. The molecule has 3 heterocycles. The molecule has 8 N–H and O–H groups in total. The number of phosphoric acid groups is 1. The molecule has 2 fully saturated rings. The highest BCUT2D eigenvalue weighted by atomic mass is 31.2. The number of carbonyl (C=O) groups excluding carboxylic acids is 2. The van der Waals surface area contributed by atoms with Gasteiger partial charge in [-0.1, -0.05) is 0 Å². The summed E-state index contributed by atoms with van der Waals surface area (Å²) in [4.78, 5) is 50.3. The Morgan fingerprint density at radius 2 is 2.02 bits per heavy atom. The van der Waals surface area contributed by atoms with Crippen LogP contribution in [-0.4, -0.2) is 111 Å². The van der Waals surface area contributed by atoms with Gasteiger partial charge in [-0.15, -0.1) is 0 Å². The molecule has 3 rings (SSSR count). The van der Waals surface area contributed by atoms with Crippen molar-refractivity contribution in [3.63, 3.8) is 0 Å². The number of aliphatic hydroxyl groups is 3. The third-order valence-electron chi connectivity index (χ3n) is 6.57. The van der Waals surface area contributed by atoms with Crippen LogP contribution in [0.25, 0.3) is 0 Å². The molecule has 2 saturated heterocycles. The van der Waals surface area contributed by atoms with Crippen molar-refractivity contribution in [1.82, 2.24) is 20.2 Å². The van der Waals surface area contributed by atoms with Crippen LogP contribution in [0, 0.1) is 0 Å². The van der Waals surface area contributed by atoms with Crippen LogP contribution >= 0.6 is 7.82 Å². The zero-order chi connectivity index (χ0) is 31.2. The van der Waals surface area contributed by atoms with Crippen molar-refractivity contribution in [1.29, 1.82) is 0 Å². The molecule has 0 spiro atoms. The maximum Gasteiger partial charge on any atom is 0.477 e. The topological polar surface area (TPSA) is 280 Å². The Balaban J connectivity index is 1.77. The largest absolute Gasteiger partial charge is 0.477 e. The van der Waals surface area contributed by atoms with Crippen molar-refractivity contribution in [2.45, 2.75) is 74.8 Å². The highest BCUT2D eigenvalue weighted by Gasteiger charge is 2.57. The predicted octanol–water partition coefficient (Wildman–Crippen LogP) is -2.81. The molecule has 2 aliphatic rings. The summed E-state index contributed by atoms with van der Waals surface area (Å²) in [5.41, 5.74) is 4.57. The van der Waals surface area contributed by atoms with Crippen molar-refractivity contribution >= 4 is 31.9 Å². The van der Waals surface area contributed by atoms with E-state index in [2.05, 4.69) is 15.6 Å². The molecule has 19 nitrogen and oxygen atoms in total. The van der Waals surface area contributed by atoms with Gasteiger partial charge in [0.2, 0.25) is 12.3 Å². The molecule has 9 atom stereocenters. The molecule has 8 unspecified atom stereocenters. The molecule has 0 bridgehead atoms. The highest BCUT2D eigenvalue weighted by molar-refractivity contribution is 7.48. The fourth-order valence-electron chi connectivity index (χ4n) is 4.56. The average Bonchev–Trinajstić information content (AvgIpc) is 3.20. The number of anilines is 1. The third kappa shape index (κ3) is 7.68. The normalized spacial score (nSPS) is 32.5. The lowest BCUT2D eigenvalue weighted by Crippen LogP contribution is -2.63. The van der Waals surface area contributed by atoms with Crippen LogP contribution in [0.4, 0.5) is 5.82 Å². The van der Waals surface area contributed by atoms with E-state index in [1.54, 1.807) is 0 Å². The SMILES string of the molecule is COP(=O)(OCC1OC(n2ccc(N)nc2=O)C(O)[C@H]1O)OC1(C(=O)O)CC(O)C(NC(C)=O)C(CCCNC=O)O1. The summed E-state index contributed by atoms with van der Waals surface area (Å²) in [6.07, 6.45) is -7.83. The van der Waals surface area contributed by atoms with Gasteiger partial charge in [0.1, 0.15) is 24.1 Å². The molecule has 20 heteroatoms. The Kier molecular flexibility index (Phi) is 11.2. The average molecular weight is 624 g/mol. The van der Waals surface area contributed by atoms with Crippen molar-refractivity contribution in [2.24, 2.45) is 0 Å². The number of rotatable bonds is 14. The minimum atomic E-state index is -4.86. The van der Waals surface area contributed by atoms with E-state index < -0.39 is 87.0 Å². The van der Waals surface area contributed by atoms with Crippen LogP contribution in [0.1, 0.15) is 32.4 Å². The summed E-state index contributed by atoms with van der Waals surface area (Å²) in [5.74, 6) is -5.22. The van der Waals surface area contributed by atoms with Crippen molar-refractivity contribution in [2.75, 3.05) is 26.0 Å². The second kappa shape index (κ2) is 14.0. The number of aliphatic carboxylic acids is 1. The lowest BCUT2D eigenvalue weighted by molar-refractivity contribution is -0.271. The maximum absolute atomic E-state index is 13.4. The van der Waals surface area contributed by atoms with Crippen molar-refractivity contribution < 1.29 is 62.4 Å². The van der Waals surface area contributed by atoms with Gasteiger partial charge in [-0.25, -0.2) is 18.7 Å². The second-order valence-electron chi connectivity index (χ2n) is 9.53. The molecule has 42 heavy (non-hydrogen) atoms. The Morgan fingerprint density at radius 3 is 2.62 bits per heavy atom. The first-order valence-electron chi connectivity index (χ1n) is 12.7. The lowest BCUT2D eigenvalue weighted by Gasteiger charge is -2.45. The van der Waals surface area contributed by atoms with Gasteiger partial charge in [-0.2, -0.15) is 4.98 Å². The predicted molar refractivity (Wildman–Crippen MR) is 137 cm³/mol. The number of ether oxygens (including phenoxy) is 2. The fourth-order valence-corrected chi connectivity index (χ4v) is 5.68. The van der Waals surface area contributed by atoms with Crippen molar-refractivity contribution in [3.05, 3.63) is 22.7 Å². The lowest BCUT2D eigenvalue weighted by atomic mass is 9.90. The first kappa shape index (κ1) is 33.5. The van der Waals surface area contributed by atoms with Gasteiger partial charge < -0.3 is 46.3 Å². The number of hydrogen-bond acceptors (Lipinski definition) is 15. The van der Waals surface area contributed by atoms with Gasteiger partial charge >= 0.3 is 19.5 Å². The molecule has 0 aromatic carbocycles. The Hall–Kier alpha value is -3.00. The smallest absolute Gasteiger partial charge is 0.477 e. The van der Waals surface area contributed by atoms with Crippen molar-refractivity contribution in [3.8, 4) is 0 Å². The molecular formula is C22H34N5O14P. The number of amides is 2. The Morgan fingerprint density at radius 1 is 1.31 bits per heavy atom. The van der Waals surface area contributed by atoms with E-state index in [1.165, 1.54) is 19.2 Å². The molecule has 1 aromatic heterocycles. The van der Waals surface area contributed by atoms with Crippen LogP contribution in [0.2, 0.25) is 0 Å². The number of carbonyl (C=O) groups is 3. The quantitative estimate of drug-likeness (QED) is 0.0625. The Bertz CT molecular complexity index is 1230. The number of carboxylic acid groups (broad SMARTS) is 1. The standard InChI is InChI=1S/C22H34N5O14P/c1-11(29)25-16-12(30)8-22(20(33)34,40-13(16)4-3-6-24-10-28)41-42(36,37-2)38-9-14-17(31)18(32)19(39-14)27-7-5-15(23)26-21(27)35/h5,7,10,12-14,16-19,30-32H,3-4,6,8-9H2,1-2H3,(H,24,28)(H,25,29)(H,33,34)(H2,23,26,35)/t12?,13?,14?,16?,17-,18?,19?,22?,42?/m0/s1. The number of hydrogen-bond donors (Lipinski definition) is 7. The molecule has 0 radical (unpaired) electrons. The molecule has 0 saturated carbocycles. The zero-order valence-corrected chi connectivity index (χ0v) is 23.5. The number of phosphoric ester groups is 1. The third-order valence-corrected chi connectivity index (χ3v) is 8.00. The first-order chi connectivity index (χ1) is 19.8. The Labute approximate surface area is 238 Å². The monoisotopic (exact) mass is 623 g/mol. The second-order valence-corrected chi connectivity index (χ2v) is 11.2. The van der Waals surface area contributed by atoms with Crippen LogP contribution in [0.5, 0.6) is 0 Å². The van der Waals surface area contributed by atoms with Gasteiger partial charge in [0, 0.05) is 33.2 Å². The van der Waals surface area contributed by atoms with E-state index in [1.807, 2.05) is 0 Å². The number of nitrogen functional groups attached to an aromatic ring is 1. The minimum Gasteiger partial charge on any atom is -0.477 e. The molecule has 236 valence electrons. The molecule has 2 aliphatic heterocycles. The van der Waals surface area contributed by atoms with Crippen LogP contribution in [0.15, 0.2) is 17.1 Å². The van der Waals surface area contributed by atoms with E-state index in [-0.39, 0.29) is 25.2 Å². The zero-order valence-electron chi connectivity index (χ0n) is 22.6. The summed E-state index contributed by atoms with van der Waals surface area (Å²) < 4.78 is 40.8.